The normalized spacial score (nSPS) is 26.3. The van der Waals surface area contributed by atoms with Gasteiger partial charge in [-0.2, -0.15) is 5.26 Å². The van der Waals surface area contributed by atoms with Crippen LogP contribution >= 0.6 is 11.6 Å². The van der Waals surface area contributed by atoms with E-state index in [1.807, 2.05) is 19.1 Å². The van der Waals surface area contributed by atoms with Crippen LogP contribution in [0.3, 0.4) is 0 Å². The van der Waals surface area contributed by atoms with Crippen LogP contribution in [0, 0.1) is 23.2 Å². The fourth-order valence-electron chi connectivity index (χ4n) is 2.64. The summed E-state index contributed by atoms with van der Waals surface area (Å²) in [7, 11) is 0. The summed E-state index contributed by atoms with van der Waals surface area (Å²) in [6, 6.07) is 10.5. The van der Waals surface area contributed by atoms with Crippen LogP contribution in [-0.4, -0.2) is 0 Å². The zero-order chi connectivity index (χ0) is 11.5. The molecule has 16 heavy (non-hydrogen) atoms. The first-order valence-electron chi connectivity index (χ1n) is 5.85. The van der Waals surface area contributed by atoms with Crippen molar-refractivity contribution in [1.82, 2.24) is 0 Å². The summed E-state index contributed by atoms with van der Waals surface area (Å²) in [5.74, 6) is 1.35. The molecule has 84 valence electrons. The molecule has 3 atom stereocenters. The second kappa shape index (κ2) is 4.89. The molecule has 1 saturated carbocycles. The summed E-state index contributed by atoms with van der Waals surface area (Å²) in [6.45, 7) is 2.03. The van der Waals surface area contributed by atoms with E-state index in [1.165, 1.54) is 18.4 Å². The lowest BCUT2D eigenvalue weighted by Crippen LogP contribution is -2.05. The van der Waals surface area contributed by atoms with Crippen molar-refractivity contribution in [2.24, 2.45) is 11.8 Å². The lowest BCUT2D eigenvalue weighted by atomic mass is 9.91. The molecule has 1 aliphatic carbocycles. The number of halogens is 1. The highest BCUT2D eigenvalue weighted by Crippen LogP contribution is 2.41. The van der Waals surface area contributed by atoms with Crippen molar-refractivity contribution in [3.8, 4) is 6.07 Å². The van der Waals surface area contributed by atoms with Crippen molar-refractivity contribution in [2.75, 3.05) is 0 Å². The van der Waals surface area contributed by atoms with Crippen molar-refractivity contribution in [3.05, 3.63) is 34.9 Å². The highest BCUT2D eigenvalue weighted by Gasteiger charge is 2.29. The smallest absolute Gasteiger partial charge is 0.0655 e. The van der Waals surface area contributed by atoms with Gasteiger partial charge in [0.2, 0.25) is 0 Å². The van der Waals surface area contributed by atoms with Gasteiger partial charge in [0.25, 0.3) is 0 Å². The lowest BCUT2D eigenvalue weighted by Gasteiger charge is -2.13. The molecule has 1 nitrogen and oxygen atoms in total. The van der Waals surface area contributed by atoms with Crippen LogP contribution < -0.4 is 0 Å². The first kappa shape index (κ1) is 11.5. The van der Waals surface area contributed by atoms with Crippen molar-refractivity contribution in [1.29, 1.82) is 5.26 Å². The van der Waals surface area contributed by atoms with Crippen molar-refractivity contribution >= 4 is 11.6 Å². The Morgan fingerprint density at radius 2 is 2.25 bits per heavy atom. The van der Waals surface area contributed by atoms with Gasteiger partial charge in [-0.25, -0.2) is 0 Å². The summed E-state index contributed by atoms with van der Waals surface area (Å²) in [6.07, 6.45) is 3.50. The minimum atomic E-state index is 0.184. The first-order valence-corrected chi connectivity index (χ1v) is 6.23. The van der Waals surface area contributed by atoms with Crippen LogP contribution in [0.5, 0.6) is 0 Å². The molecule has 0 radical (unpaired) electrons. The third-order valence-electron chi connectivity index (χ3n) is 3.70. The zero-order valence-corrected chi connectivity index (χ0v) is 10.2. The van der Waals surface area contributed by atoms with Crippen LogP contribution in [0.25, 0.3) is 0 Å². The number of nitrogens with zero attached hydrogens (tertiary/aromatic N) is 1. The molecule has 0 N–H and O–H groups in total. The van der Waals surface area contributed by atoms with E-state index in [0.717, 1.165) is 11.4 Å². The third-order valence-corrected chi connectivity index (χ3v) is 3.94. The minimum Gasteiger partial charge on any atom is -0.198 e. The molecule has 1 aromatic rings. The quantitative estimate of drug-likeness (QED) is 0.744. The van der Waals surface area contributed by atoms with Gasteiger partial charge in [0.1, 0.15) is 0 Å². The molecular formula is C14H16ClN. The Labute approximate surface area is 102 Å². The Kier molecular flexibility index (Phi) is 3.51. The van der Waals surface area contributed by atoms with Crippen LogP contribution in [0.4, 0.5) is 0 Å². The van der Waals surface area contributed by atoms with Crippen LogP contribution in [0.1, 0.15) is 37.7 Å². The molecule has 1 fully saturated rings. The van der Waals surface area contributed by atoms with Gasteiger partial charge in [0, 0.05) is 10.9 Å². The van der Waals surface area contributed by atoms with Crippen molar-refractivity contribution < 1.29 is 0 Å². The van der Waals surface area contributed by atoms with Gasteiger partial charge in [0.15, 0.2) is 0 Å². The number of hydrogen-bond acceptors (Lipinski definition) is 1. The van der Waals surface area contributed by atoms with Crippen molar-refractivity contribution in [2.45, 2.75) is 32.1 Å². The SMILES string of the molecule is CC(C#N)[C@H]1CC[C@@H](c2cccc(Cl)c2)C1. The molecule has 0 aliphatic heterocycles. The monoisotopic (exact) mass is 233 g/mol. The molecule has 2 heteroatoms. The Morgan fingerprint density at radius 1 is 1.44 bits per heavy atom. The maximum Gasteiger partial charge on any atom is 0.0655 e. The number of rotatable bonds is 2. The fraction of sp³-hybridized carbons (Fsp3) is 0.500. The topological polar surface area (TPSA) is 23.8 Å². The van der Waals surface area contributed by atoms with Gasteiger partial charge in [-0.1, -0.05) is 23.7 Å². The van der Waals surface area contributed by atoms with Crippen LogP contribution in [-0.2, 0) is 0 Å². The average molecular weight is 234 g/mol. The largest absolute Gasteiger partial charge is 0.198 e. The highest BCUT2D eigenvalue weighted by atomic mass is 35.5. The second-order valence-electron chi connectivity index (χ2n) is 4.74. The van der Waals surface area contributed by atoms with Crippen LogP contribution in [0.2, 0.25) is 5.02 Å². The molecule has 1 unspecified atom stereocenters. The third kappa shape index (κ3) is 2.39. The first-order chi connectivity index (χ1) is 7.70. The molecule has 0 spiro atoms. The summed E-state index contributed by atoms with van der Waals surface area (Å²) in [5, 5.41) is 9.74. The molecule has 0 amide bonds. The van der Waals surface area contributed by atoms with E-state index >= 15 is 0 Å². The predicted molar refractivity (Wildman–Crippen MR) is 66.3 cm³/mol. The van der Waals surface area contributed by atoms with E-state index in [0.29, 0.717) is 11.8 Å². The predicted octanol–water partition coefficient (Wildman–Crippen LogP) is 4.38. The second-order valence-corrected chi connectivity index (χ2v) is 5.18. The van der Waals surface area contributed by atoms with Gasteiger partial charge in [-0.3, -0.25) is 0 Å². The minimum absolute atomic E-state index is 0.184. The summed E-state index contributed by atoms with van der Waals surface area (Å²) >= 11 is 6.00. The Morgan fingerprint density at radius 3 is 2.94 bits per heavy atom. The van der Waals surface area contributed by atoms with E-state index in [2.05, 4.69) is 18.2 Å². The fourth-order valence-corrected chi connectivity index (χ4v) is 2.84. The molecule has 0 aromatic heterocycles. The molecular weight excluding hydrogens is 218 g/mol. The summed E-state index contributed by atoms with van der Waals surface area (Å²) in [4.78, 5) is 0. The lowest BCUT2D eigenvalue weighted by molar-refractivity contribution is 0.437. The standard InChI is InChI=1S/C14H16ClN/c1-10(9-16)11-5-6-13(7-11)12-3-2-4-14(15)8-12/h2-4,8,10-11,13H,5-7H2,1H3/t10?,11-,13+/m0/s1. The number of nitriles is 1. The molecule has 0 saturated heterocycles. The molecule has 1 aliphatic rings. The maximum atomic E-state index is 8.93. The van der Waals surface area contributed by atoms with Gasteiger partial charge in [0.05, 0.1) is 6.07 Å². The summed E-state index contributed by atoms with van der Waals surface area (Å²) in [5.41, 5.74) is 1.33. The maximum absolute atomic E-state index is 8.93. The highest BCUT2D eigenvalue weighted by molar-refractivity contribution is 6.30. The Hall–Kier alpha value is -1.00. The number of hydrogen-bond donors (Lipinski definition) is 0. The Bertz CT molecular complexity index is 407. The Balaban J connectivity index is 2.07. The zero-order valence-electron chi connectivity index (χ0n) is 9.49. The summed E-state index contributed by atoms with van der Waals surface area (Å²) < 4.78 is 0. The van der Waals surface area contributed by atoms with Gasteiger partial charge in [-0.05, 0) is 55.7 Å². The van der Waals surface area contributed by atoms with E-state index in [9.17, 15) is 0 Å². The van der Waals surface area contributed by atoms with Gasteiger partial charge >= 0.3 is 0 Å². The van der Waals surface area contributed by atoms with E-state index in [1.54, 1.807) is 0 Å². The molecule has 2 rings (SSSR count). The molecule has 0 bridgehead atoms. The van der Waals surface area contributed by atoms with E-state index in [-0.39, 0.29) is 5.92 Å². The van der Waals surface area contributed by atoms with E-state index < -0.39 is 0 Å². The molecule has 1 aromatic carbocycles. The number of benzene rings is 1. The van der Waals surface area contributed by atoms with Crippen molar-refractivity contribution in [3.63, 3.8) is 0 Å². The average Bonchev–Trinajstić information content (AvgIpc) is 2.77. The van der Waals surface area contributed by atoms with Crippen LogP contribution in [0.15, 0.2) is 24.3 Å². The van der Waals surface area contributed by atoms with E-state index in [4.69, 9.17) is 16.9 Å². The van der Waals surface area contributed by atoms with Gasteiger partial charge in [-0.15, -0.1) is 0 Å². The van der Waals surface area contributed by atoms with Gasteiger partial charge < -0.3 is 0 Å². The molecule has 0 heterocycles.